The first-order chi connectivity index (χ1) is 12.3. The first-order valence-corrected chi connectivity index (χ1v) is 10.7. The van der Waals surface area contributed by atoms with Crippen LogP contribution in [0.1, 0.15) is 45.7 Å². The fourth-order valence-corrected chi connectivity index (χ4v) is 3.21. The summed E-state index contributed by atoms with van der Waals surface area (Å²) in [4.78, 5) is 15.3. The second-order valence-electron chi connectivity index (χ2n) is 8.40. The Balaban J connectivity index is 2.24. The minimum atomic E-state index is -3.20. The van der Waals surface area contributed by atoms with Crippen LogP contribution in [0.15, 0.2) is 29.8 Å². The predicted molar refractivity (Wildman–Crippen MR) is 109 cm³/mol. The Hall–Kier alpha value is -2.28. The lowest BCUT2D eigenvalue weighted by Crippen LogP contribution is -2.47. The molecule has 7 heteroatoms. The third-order valence-corrected chi connectivity index (χ3v) is 4.43. The fraction of sp³-hybridized carbons (Fsp3) is 0.450. The molecular formula is C20H28N2O4S. The van der Waals surface area contributed by atoms with Gasteiger partial charge in [-0.05, 0) is 58.2 Å². The topological polar surface area (TPSA) is 88.3 Å². The molecule has 0 unspecified atom stereocenters. The first-order valence-electron chi connectivity index (χ1n) is 8.74. The van der Waals surface area contributed by atoms with Gasteiger partial charge in [0.05, 0.1) is 5.52 Å². The second kappa shape index (κ2) is 7.38. The number of ether oxygens (including phenoxy) is 1. The number of carbonyl (C=O) groups excluding carboxylic acids is 1. The van der Waals surface area contributed by atoms with Crippen molar-refractivity contribution < 1.29 is 17.9 Å². The van der Waals surface area contributed by atoms with Crippen LogP contribution >= 0.6 is 0 Å². The largest absolute Gasteiger partial charge is 0.444 e. The number of amides is 1. The number of aromatic nitrogens is 1. The highest BCUT2D eigenvalue weighted by Gasteiger charge is 2.26. The molecule has 1 heterocycles. The van der Waals surface area contributed by atoms with Gasteiger partial charge in [-0.3, -0.25) is 0 Å². The van der Waals surface area contributed by atoms with Crippen molar-refractivity contribution in [3.63, 3.8) is 0 Å². The highest BCUT2D eigenvalue weighted by atomic mass is 32.2. The number of benzene rings is 1. The molecule has 1 aromatic carbocycles. The van der Waals surface area contributed by atoms with Crippen molar-refractivity contribution in [2.24, 2.45) is 0 Å². The van der Waals surface area contributed by atoms with E-state index >= 15 is 0 Å². The normalized spacial score (nSPS) is 13.3. The van der Waals surface area contributed by atoms with Gasteiger partial charge in [-0.1, -0.05) is 18.2 Å². The summed E-state index contributed by atoms with van der Waals surface area (Å²) >= 11 is 0. The zero-order valence-corrected chi connectivity index (χ0v) is 17.5. The molecule has 1 amide bonds. The third kappa shape index (κ3) is 6.43. The molecule has 0 atom stereocenters. The van der Waals surface area contributed by atoms with Crippen molar-refractivity contribution in [3.8, 4) is 0 Å². The molecule has 148 valence electrons. The molecular weight excluding hydrogens is 364 g/mol. The summed E-state index contributed by atoms with van der Waals surface area (Å²) in [5.74, 6) is 0. The van der Waals surface area contributed by atoms with Crippen LogP contribution in [0.5, 0.6) is 0 Å². The second-order valence-corrected chi connectivity index (χ2v) is 10.3. The van der Waals surface area contributed by atoms with Gasteiger partial charge in [-0.15, -0.1) is 0 Å². The van der Waals surface area contributed by atoms with E-state index in [-0.39, 0.29) is 0 Å². The molecule has 0 saturated carbocycles. The van der Waals surface area contributed by atoms with E-state index in [1.165, 1.54) is 5.41 Å². The zero-order valence-electron chi connectivity index (χ0n) is 16.7. The lowest BCUT2D eigenvalue weighted by molar-refractivity contribution is 0.0472. The van der Waals surface area contributed by atoms with Gasteiger partial charge in [-0.2, -0.15) is 0 Å². The smallest absolute Gasteiger partial charge is 0.408 e. The molecule has 0 fully saturated rings. The molecule has 0 bridgehead atoms. The molecule has 0 aliphatic rings. The first kappa shape index (κ1) is 21.0. The molecule has 2 aromatic rings. The van der Waals surface area contributed by atoms with E-state index < -0.39 is 27.1 Å². The Morgan fingerprint density at radius 2 is 1.89 bits per heavy atom. The number of hydrogen-bond donors (Lipinski definition) is 2. The van der Waals surface area contributed by atoms with Crippen LogP contribution in [0.25, 0.3) is 17.0 Å². The van der Waals surface area contributed by atoms with Gasteiger partial charge in [-0.25, -0.2) is 13.2 Å². The van der Waals surface area contributed by atoms with E-state index in [9.17, 15) is 13.2 Å². The molecule has 27 heavy (non-hydrogen) atoms. The van der Waals surface area contributed by atoms with Crippen molar-refractivity contribution in [2.45, 2.75) is 52.2 Å². The number of aromatic amines is 1. The lowest BCUT2D eigenvalue weighted by atomic mass is 9.94. The van der Waals surface area contributed by atoms with Crippen molar-refractivity contribution in [1.29, 1.82) is 0 Å². The lowest BCUT2D eigenvalue weighted by Gasteiger charge is -2.28. The number of hydrogen-bond acceptors (Lipinski definition) is 4. The zero-order chi connectivity index (χ0) is 20.5. The number of carbonyl (C=O) groups is 1. The van der Waals surface area contributed by atoms with Crippen LogP contribution in [-0.2, 0) is 21.0 Å². The SMILES string of the molecule is CC(C)(Cc1c[nH]c2c(/C=C/S(C)(=O)=O)cccc12)NC(=O)OC(C)(C)C. The van der Waals surface area contributed by atoms with Crippen LogP contribution in [0.3, 0.4) is 0 Å². The standard InChI is InChI=1S/C20H28N2O4S/c1-19(2,3)26-18(23)22-20(4,5)12-15-13-21-17-14(8-7-9-16(15)17)10-11-27(6,24)25/h7-11,13,21H,12H2,1-6H3,(H,22,23)/b11-10+. The number of para-hydroxylation sites is 1. The van der Waals surface area contributed by atoms with Gasteiger partial charge in [0, 0.05) is 28.8 Å². The Morgan fingerprint density at radius 1 is 1.22 bits per heavy atom. The van der Waals surface area contributed by atoms with E-state index in [1.807, 2.05) is 59.0 Å². The van der Waals surface area contributed by atoms with E-state index in [2.05, 4.69) is 10.3 Å². The van der Waals surface area contributed by atoms with E-state index in [0.29, 0.717) is 6.42 Å². The number of sulfone groups is 1. The van der Waals surface area contributed by atoms with Gasteiger partial charge in [0.25, 0.3) is 0 Å². The fourth-order valence-electron chi connectivity index (χ4n) is 2.82. The average Bonchev–Trinajstić information content (AvgIpc) is 2.84. The minimum Gasteiger partial charge on any atom is -0.444 e. The van der Waals surface area contributed by atoms with Crippen LogP contribution in [0.2, 0.25) is 0 Å². The molecule has 0 aliphatic carbocycles. The number of fused-ring (bicyclic) bond motifs is 1. The summed E-state index contributed by atoms with van der Waals surface area (Å²) in [7, 11) is -3.20. The van der Waals surface area contributed by atoms with E-state index in [4.69, 9.17) is 4.74 Å². The van der Waals surface area contributed by atoms with E-state index in [1.54, 1.807) is 6.08 Å². The maximum absolute atomic E-state index is 12.1. The Kier molecular flexibility index (Phi) is 5.75. The summed E-state index contributed by atoms with van der Waals surface area (Å²) < 4.78 is 28.1. The summed E-state index contributed by atoms with van der Waals surface area (Å²) in [5, 5.41) is 5.09. The van der Waals surface area contributed by atoms with Gasteiger partial charge in [0.1, 0.15) is 5.60 Å². The quantitative estimate of drug-likeness (QED) is 0.804. The molecule has 0 radical (unpaired) electrons. The maximum Gasteiger partial charge on any atom is 0.408 e. The number of nitrogens with one attached hydrogen (secondary N) is 2. The molecule has 6 nitrogen and oxygen atoms in total. The Morgan fingerprint density at radius 3 is 2.48 bits per heavy atom. The van der Waals surface area contributed by atoms with Crippen LogP contribution in [0, 0.1) is 0 Å². The molecule has 0 saturated heterocycles. The van der Waals surface area contributed by atoms with Crippen molar-refractivity contribution >= 4 is 32.9 Å². The third-order valence-electron chi connectivity index (χ3n) is 3.80. The number of alkyl carbamates (subject to hydrolysis) is 1. The van der Waals surface area contributed by atoms with Crippen LogP contribution < -0.4 is 5.32 Å². The summed E-state index contributed by atoms with van der Waals surface area (Å²) in [6.45, 7) is 9.34. The number of H-pyrrole nitrogens is 1. The Labute approximate surface area is 160 Å². The summed E-state index contributed by atoms with van der Waals surface area (Å²) in [6, 6.07) is 5.72. The number of rotatable bonds is 5. The van der Waals surface area contributed by atoms with Gasteiger partial charge in [0.15, 0.2) is 9.84 Å². The molecule has 1 aromatic heterocycles. The molecule has 2 N–H and O–H groups in total. The average molecular weight is 393 g/mol. The minimum absolute atomic E-state index is 0.455. The van der Waals surface area contributed by atoms with Crippen LogP contribution in [0.4, 0.5) is 4.79 Å². The molecule has 2 rings (SSSR count). The maximum atomic E-state index is 12.1. The van der Waals surface area contributed by atoms with Crippen molar-refractivity contribution in [2.75, 3.05) is 6.26 Å². The van der Waals surface area contributed by atoms with Crippen LogP contribution in [-0.4, -0.2) is 36.9 Å². The predicted octanol–water partition coefficient (Wildman–Crippen LogP) is 4.03. The monoisotopic (exact) mass is 392 g/mol. The highest BCUT2D eigenvalue weighted by molar-refractivity contribution is 7.93. The van der Waals surface area contributed by atoms with Gasteiger partial charge >= 0.3 is 6.09 Å². The highest BCUT2D eigenvalue weighted by Crippen LogP contribution is 2.26. The van der Waals surface area contributed by atoms with Gasteiger partial charge < -0.3 is 15.0 Å². The summed E-state index contributed by atoms with van der Waals surface area (Å²) in [5.41, 5.74) is 1.61. The van der Waals surface area contributed by atoms with E-state index in [0.717, 1.165) is 28.3 Å². The van der Waals surface area contributed by atoms with Crippen molar-refractivity contribution in [1.82, 2.24) is 10.3 Å². The molecule has 0 spiro atoms. The summed E-state index contributed by atoms with van der Waals surface area (Å²) in [6.07, 6.45) is 4.77. The Bertz CT molecular complexity index is 964. The van der Waals surface area contributed by atoms with Gasteiger partial charge in [0.2, 0.25) is 0 Å². The van der Waals surface area contributed by atoms with Crippen molar-refractivity contribution in [3.05, 3.63) is 40.9 Å². The molecule has 0 aliphatic heterocycles.